The van der Waals surface area contributed by atoms with Gasteiger partial charge in [0.1, 0.15) is 0 Å². The third-order valence-electron chi connectivity index (χ3n) is 3.32. The number of likely N-dealkylation sites (tertiary alicyclic amines) is 1. The molecule has 0 unspecified atom stereocenters. The summed E-state index contributed by atoms with van der Waals surface area (Å²) in [5.74, 6) is -6.35. The molecule has 0 atom stereocenters. The minimum absolute atomic E-state index is 0.0679. The third-order valence-corrected chi connectivity index (χ3v) is 3.32. The molecule has 0 saturated carbocycles. The minimum atomic E-state index is -4.58. The number of piperidine rings is 1. The van der Waals surface area contributed by atoms with E-state index in [1.165, 1.54) is 0 Å². The van der Waals surface area contributed by atoms with Crippen LogP contribution in [0.5, 0.6) is 0 Å². The standard InChI is InChI=1S/C10H16F4N2O/c1-9(15-2)3-5-16(6-4-9)8(17)10(13,14)7(11)12/h7,15H,3-6H2,1-2H3. The van der Waals surface area contributed by atoms with Crippen molar-refractivity contribution in [2.24, 2.45) is 0 Å². The highest BCUT2D eigenvalue weighted by Crippen LogP contribution is 2.29. The van der Waals surface area contributed by atoms with E-state index in [2.05, 4.69) is 5.32 Å². The summed E-state index contributed by atoms with van der Waals surface area (Å²) >= 11 is 0. The van der Waals surface area contributed by atoms with E-state index in [1.54, 1.807) is 7.05 Å². The number of rotatable bonds is 3. The lowest BCUT2D eigenvalue weighted by atomic mass is 9.89. The van der Waals surface area contributed by atoms with Crippen LogP contribution in [-0.2, 0) is 4.79 Å². The van der Waals surface area contributed by atoms with Gasteiger partial charge in [-0.15, -0.1) is 0 Å². The van der Waals surface area contributed by atoms with Crippen LogP contribution in [0.1, 0.15) is 19.8 Å². The average Bonchev–Trinajstić information content (AvgIpc) is 2.29. The summed E-state index contributed by atoms with van der Waals surface area (Å²) in [6, 6.07) is 0. The lowest BCUT2D eigenvalue weighted by molar-refractivity contribution is -0.182. The van der Waals surface area contributed by atoms with Crippen LogP contribution < -0.4 is 5.32 Å². The smallest absolute Gasteiger partial charge is 0.337 e. The Labute approximate surface area is 97.2 Å². The van der Waals surface area contributed by atoms with Crippen molar-refractivity contribution in [1.82, 2.24) is 10.2 Å². The Kier molecular flexibility index (Phi) is 4.01. The maximum atomic E-state index is 12.8. The van der Waals surface area contributed by atoms with E-state index in [0.717, 1.165) is 4.90 Å². The van der Waals surface area contributed by atoms with Gasteiger partial charge in [0.15, 0.2) is 0 Å². The predicted octanol–water partition coefficient (Wildman–Crippen LogP) is 1.49. The van der Waals surface area contributed by atoms with Gasteiger partial charge in [-0.05, 0) is 26.8 Å². The van der Waals surface area contributed by atoms with Crippen molar-refractivity contribution < 1.29 is 22.4 Å². The topological polar surface area (TPSA) is 32.3 Å². The summed E-state index contributed by atoms with van der Waals surface area (Å²) in [7, 11) is 1.74. The fraction of sp³-hybridized carbons (Fsp3) is 0.900. The molecule has 1 aliphatic rings. The second-order valence-corrected chi connectivity index (χ2v) is 4.53. The van der Waals surface area contributed by atoms with Gasteiger partial charge in [-0.25, -0.2) is 8.78 Å². The van der Waals surface area contributed by atoms with Crippen LogP contribution in [0.4, 0.5) is 17.6 Å². The molecule has 1 fully saturated rings. The molecule has 100 valence electrons. The predicted molar refractivity (Wildman–Crippen MR) is 54.2 cm³/mol. The molecule has 0 spiro atoms. The monoisotopic (exact) mass is 256 g/mol. The van der Waals surface area contributed by atoms with Gasteiger partial charge in [0.2, 0.25) is 0 Å². The zero-order valence-corrected chi connectivity index (χ0v) is 9.77. The van der Waals surface area contributed by atoms with Crippen molar-refractivity contribution in [3.05, 3.63) is 0 Å². The molecule has 0 bridgehead atoms. The first-order valence-corrected chi connectivity index (χ1v) is 5.37. The van der Waals surface area contributed by atoms with Crippen LogP contribution in [-0.4, -0.2) is 48.8 Å². The number of nitrogens with one attached hydrogen (secondary N) is 1. The molecule has 17 heavy (non-hydrogen) atoms. The third kappa shape index (κ3) is 2.88. The molecule has 1 N–H and O–H groups in total. The van der Waals surface area contributed by atoms with Crippen molar-refractivity contribution in [3.8, 4) is 0 Å². The SMILES string of the molecule is CNC1(C)CCN(C(=O)C(F)(F)C(F)F)CC1. The number of carbonyl (C=O) groups excluding carboxylic acids is 1. The number of halogens is 4. The molecule has 1 rings (SSSR count). The lowest BCUT2D eigenvalue weighted by Gasteiger charge is -2.40. The largest absolute Gasteiger partial charge is 0.383 e. The first-order chi connectivity index (χ1) is 7.73. The Morgan fingerprint density at radius 3 is 2.18 bits per heavy atom. The summed E-state index contributed by atoms with van der Waals surface area (Å²) in [6.45, 7) is 2.04. The quantitative estimate of drug-likeness (QED) is 0.776. The molecular weight excluding hydrogens is 240 g/mol. The minimum Gasteiger partial charge on any atom is -0.337 e. The van der Waals surface area contributed by atoms with Crippen molar-refractivity contribution in [2.75, 3.05) is 20.1 Å². The normalized spacial score (nSPS) is 20.8. The summed E-state index contributed by atoms with van der Waals surface area (Å²) in [5, 5.41) is 3.03. The first-order valence-electron chi connectivity index (χ1n) is 5.37. The molecule has 0 aliphatic carbocycles. The molecule has 3 nitrogen and oxygen atoms in total. The van der Waals surface area contributed by atoms with Gasteiger partial charge in [-0.3, -0.25) is 4.79 Å². The van der Waals surface area contributed by atoms with Crippen molar-refractivity contribution in [2.45, 2.75) is 37.7 Å². The van der Waals surface area contributed by atoms with E-state index in [4.69, 9.17) is 0 Å². The molecule has 0 aromatic carbocycles. The molecule has 0 aromatic heterocycles. The number of hydrogen-bond acceptors (Lipinski definition) is 2. The van der Waals surface area contributed by atoms with Crippen LogP contribution in [0.2, 0.25) is 0 Å². The van der Waals surface area contributed by atoms with E-state index in [1.807, 2.05) is 6.92 Å². The Morgan fingerprint density at radius 2 is 1.82 bits per heavy atom. The number of amides is 1. The highest BCUT2D eigenvalue weighted by molar-refractivity contribution is 5.84. The van der Waals surface area contributed by atoms with Crippen LogP contribution in [0, 0.1) is 0 Å². The Balaban J connectivity index is 2.64. The maximum absolute atomic E-state index is 12.8. The number of nitrogens with zero attached hydrogens (tertiary/aromatic N) is 1. The second-order valence-electron chi connectivity index (χ2n) is 4.53. The lowest BCUT2D eigenvalue weighted by Crippen LogP contribution is -2.55. The molecule has 1 saturated heterocycles. The van der Waals surface area contributed by atoms with Gasteiger partial charge in [-0.1, -0.05) is 0 Å². The van der Waals surface area contributed by atoms with E-state index in [0.29, 0.717) is 12.8 Å². The highest BCUT2D eigenvalue weighted by atomic mass is 19.3. The molecule has 0 radical (unpaired) electrons. The molecule has 1 aliphatic heterocycles. The summed E-state index contributed by atoms with van der Waals surface area (Å²) in [5.41, 5.74) is -0.225. The summed E-state index contributed by atoms with van der Waals surface area (Å²) in [6.07, 6.45) is -3.02. The molecule has 1 heterocycles. The van der Waals surface area contributed by atoms with Crippen LogP contribution in [0.3, 0.4) is 0 Å². The second kappa shape index (κ2) is 4.80. The fourth-order valence-corrected chi connectivity index (χ4v) is 1.76. The van der Waals surface area contributed by atoms with Crippen molar-refractivity contribution in [1.29, 1.82) is 0 Å². The Bertz CT molecular complexity index is 288. The zero-order chi connectivity index (χ0) is 13.3. The van der Waals surface area contributed by atoms with Gasteiger partial charge in [0.05, 0.1) is 0 Å². The highest BCUT2D eigenvalue weighted by Gasteiger charge is 2.51. The van der Waals surface area contributed by atoms with Gasteiger partial charge in [0.25, 0.3) is 5.91 Å². The van der Waals surface area contributed by atoms with Gasteiger partial charge >= 0.3 is 12.3 Å². The Hall–Kier alpha value is -0.850. The Morgan fingerprint density at radius 1 is 1.35 bits per heavy atom. The van der Waals surface area contributed by atoms with E-state index in [-0.39, 0.29) is 18.6 Å². The van der Waals surface area contributed by atoms with E-state index in [9.17, 15) is 22.4 Å². The van der Waals surface area contributed by atoms with Crippen LogP contribution >= 0.6 is 0 Å². The van der Waals surface area contributed by atoms with Crippen molar-refractivity contribution >= 4 is 5.91 Å². The summed E-state index contributed by atoms with van der Waals surface area (Å²) < 4.78 is 49.7. The van der Waals surface area contributed by atoms with E-state index < -0.39 is 18.3 Å². The number of carbonyl (C=O) groups is 1. The molecule has 1 amide bonds. The summed E-state index contributed by atoms with van der Waals surface area (Å²) in [4.78, 5) is 12.0. The maximum Gasteiger partial charge on any atom is 0.383 e. The number of hydrogen-bond donors (Lipinski definition) is 1. The van der Waals surface area contributed by atoms with Crippen molar-refractivity contribution in [3.63, 3.8) is 0 Å². The fourth-order valence-electron chi connectivity index (χ4n) is 1.76. The molecule has 7 heteroatoms. The van der Waals surface area contributed by atoms with Crippen LogP contribution in [0.25, 0.3) is 0 Å². The first kappa shape index (κ1) is 14.2. The molecular formula is C10H16F4N2O. The average molecular weight is 256 g/mol. The molecule has 0 aromatic rings. The van der Waals surface area contributed by atoms with Gasteiger partial charge in [0, 0.05) is 18.6 Å². The van der Waals surface area contributed by atoms with Gasteiger partial charge in [-0.2, -0.15) is 8.78 Å². The zero-order valence-electron chi connectivity index (χ0n) is 9.77. The van der Waals surface area contributed by atoms with E-state index >= 15 is 0 Å². The van der Waals surface area contributed by atoms with Crippen LogP contribution in [0.15, 0.2) is 0 Å². The van der Waals surface area contributed by atoms with Gasteiger partial charge < -0.3 is 10.2 Å². The number of alkyl halides is 4.